The van der Waals surface area contributed by atoms with Crippen molar-refractivity contribution in [3.05, 3.63) is 72.9 Å². The highest BCUT2D eigenvalue weighted by molar-refractivity contribution is 6.74. The van der Waals surface area contributed by atoms with E-state index in [1.54, 1.807) is 0 Å². The molecule has 0 radical (unpaired) electrons. The van der Waals surface area contributed by atoms with Gasteiger partial charge in [-0.15, -0.1) is 0 Å². The highest BCUT2D eigenvalue weighted by Gasteiger charge is 2.39. The largest absolute Gasteiger partial charge is 0.410 e. The zero-order valence-electron chi connectivity index (χ0n) is 29.0. The molecule has 0 amide bonds. The third-order valence-corrected chi connectivity index (χ3v) is 17.5. The molecule has 0 aromatic carbocycles. The van der Waals surface area contributed by atoms with Crippen molar-refractivity contribution in [2.45, 2.75) is 142 Å². The zero-order chi connectivity index (χ0) is 31.7. The molecule has 1 saturated heterocycles. The summed E-state index contributed by atoms with van der Waals surface area (Å²) < 4.78 is 24.6. The van der Waals surface area contributed by atoms with E-state index in [0.717, 1.165) is 38.5 Å². The fourth-order valence-electron chi connectivity index (χ4n) is 3.77. The molecule has 0 saturated carbocycles. The SMILES string of the molecule is CC/C=C\C/C=C\C[C@@H](\C=C/C=C/C=C/[C@H](C/C=C\CCC1OCCO1)O[Si](C)(C)C(C)(C)C)O[Si](C)(C)C(C)(C)C. The summed E-state index contributed by atoms with van der Waals surface area (Å²) in [5, 5.41) is 0.343. The Bertz CT molecular complexity index is 908. The topological polar surface area (TPSA) is 36.9 Å². The lowest BCUT2D eigenvalue weighted by Gasteiger charge is -2.38. The Morgan fingerprint density at radius 2 is 1.12 bits per heavy atom. The van der Waals surface area contributed by atoms with Crippen LogP contribution in [0.1, 0.15) is 87.0 Å². The van der Waals surface area contributed by atoms with E-state index in [0.29, 0.717) is 13.2 Å². The van der Waals surface area contributed by atoms with E-state index in [9.17, 15) is 0 Å². The number of hydrogen-bond acceptors (Lipinski definition) is 4. The van der Waals surface area contributed by atoms with E-state index in [2.05, 4.69) is 148 Å². The smallest absolute Gasteiger partial charge is 0.192 e. The van der Waals surface area contributed by atoms with Crippen molar-refractivity contribution in [2.24, 2.45) is 0 Å². The van der Waals surface area contributed by atoms with Crippen LogP contribution in [0.5, 0.6) is 0 Å². The van der Waals surface area contributed by atoms with Crippen LogP contribution in [0.25, 0.3) is 0 Å². The van der Waals surface area contributed by atoms with Crippen LogP contribution in [0, 0.1) is 0 Å². The summed E-state index contributed by atoms with van der Waals surface area (Å²) in [6.07, 6.45) is 32.0. The quantitative estimate of drug-likeness (QED) is 0.0872. The molecule has 6 heteroatoms. The minimum atomic E-state index is -1.90. The van der Waals surface area contributed by atoms with Gasteiger partial charge in [-0.2, -0.15) is 0 Å². The van der Waals surface area contributed by atoms with Gasteiger partial charge in [-0.05, 0) is 68.4 Å². The van der Waals surface area contributed by atoms with Crippen LogP contribution in [-0.4, -0.2) is 48.3 Å². The number of hydrogen-bond donors (Lipinski definition) is 0. The van der Waals surface area contributed by atoms with Crippen LogP contribution in [0.2, 0.25) is 36.3 Å². The monoisotopic (exact) mass is 616 g/mol. The van der Waals surface area contributed by atoms with Gasteiger partial charge in [-0.25, -0.2) is 0 Å². The predicted octanol–water partition coefficient (Wildman–Crippen LogP) is 10.8. The second-order valence-electron chi connectivity index (χ2n) is 14.3. The van der Waals surface area contributed by atoms with E-state index in [4.69, 9.17) is 18.3 Å². The lowest BCUT2D eigenvalue weighted by atomic mass is 10.2. The summed E-state index contributed by atoms with van der Waals surface area (Å²) >= 11 is 0. The molecule has 4 nitrogen and oxygen atoms in total. The van der Waals surface area contributed by atoms with Crippen LogP contribution in [0.3, 0.4) is 0 Å². The Morgan fingerprint density at radius 3 is 1.57 bits per heavy atom. The van der Waals surface area contributed by atoms with Gasteiger partial charge in [0.1, 0.15) is 0 Å². The number of ether oxygens (including phenoxy) is 2. The highest BCUT2D eigenvalue weighted by Crippen LogP contribution is 2.38. The Labute approximate surface area is 262 Å². The molecule has 0 spiro atoms. The van der Waals surface area contributed by atoms with Crippen LogP contribution < -0.4 is 0 Å². The fraction of sp³-hybridized carbons (Fsp3) is 0.667. The van der Waals surface area contributed by atoms with Gasteiger partial charge >= 0.3 is 0 Å². The van der Waals surface area contributed by atoms with E-state index in [1.165, 1.54) is 0 Å². The molecule has 1 fully saturated rings. The standard InChI is InChI=1S/C36H64O4Si2/c1-12-13-14-15-16-20-25-32(39-41(8,9)35(2,3)4)26-21-17-18-22-27-33(40-42(10,11)36(5,6)7)28-23-19-24-29-34-37-30-31-38-34/h13-14,16-23,26-27,32-34H,12,15,24-25,28-31H2,1-11H3/b14-13-,18-17+,20-16-,23-19-,26-21-,27-22+/t32-,33+/m0/s1. The van der Waals surface area contributed by atoms with Gasteiger partial charge in [0, 0.05) is 6.42 Å². The van der Waals surface area contributed by atoms with Crippen LogP contribution in [0.15, 0.2) is 72.9 Å². The molecular formula is C36H64O4Si2. The summed E-state index contributed by atoms with van der Waals surface area (Å²) in [5.41, 5.74) is 0. The van der Waals surface area contributed by atoms with Crippen molar-refractivity contribution in [1.29, 1.82) is 0 Å². The minimum Gasteiger partial charge on any atom is -0.410 e. The van der Waals surface area contributed by atoms with Crippen molar-refractivity contribution in [1.82, 2.24) is 0 Å². The van der Waals surface area contributed by atoms with Gasteiger partial charge in [0.25, 0.3) is 0 Å². The Balaban J connectivity index is 2.86. The molecule has 0 aliphatic carbocycles. The lowest BCUT2D eigenvalue weighted by Crippen LogP contribution is -2.43. The average Bonchev–Trinajstić information content (AvgIpc) is 3.39. The molecule has 1 rings (SSSR count). The first-order valence-electron chi connectivity index (χ1n) is 16.1. The van der Waals surface area contributed by atoms with Crippen molar-refractivity contribution >= 4 is 16.6 Å². The Hall–Kier alpha value is -1.29. The lowest BCUT2D eigenvalue weighted by molar-refractivity contribution is -0.0457. The number of rotatable bonds is 18. The first-order chi connectivity index (χ1) is 19.6. The van der Waals surface area contributed by atoms with Gasteiger partial charge in [0.2, 0.25) is 0 Å². The third-order valence-electron chi connectivity index (χ3n) is 8.49. The maximum absolute atomic E-state index is 6.76. The fourth-order valence-corrected chi connectivity index (χ4v) is 6.34. The molecule has 0 N–H and O–H groups in total. The second-order valence-corrected chi connectivity index (χ2v) is 23.8. The first-order valence-corrected chi connectivity index (χ1v) is 22.0. The predicted molar refractivity (Wildman–Crippen MR) is 188 cm³/mol. The molecule has 2 atom stereocenters. The molecule has 42 heavy (non-hydrogen) atoms. The summed E-state index contributed by atoms with van der Waals surface area (Å²) in [6, 6.07) is 0. The Morgan fingerprint density at radius 1 is 0.667 bits per heavy atom. The molecule has 1 aliphatic heterocycles. The summed E-state index contributed by atoms with van der Waals surface area (Å²) in [6.45, 7) is 26.7. The van der Waals surface area contributed by atoms with Gasteiger partial charge in [-0.3, -0.25) is 0 Å². The molecular weight excluding hydrogens is 553 g/mol. The maximum Gasteiger partial charge on any atom is 0.192 e. The molecule has 0 aromatic rings. The summed E-state index contributed by atoms with van der Waals surface area (Å²) in [7, 11) is -3.77. The molecule has 0 unspecified atom stereocenters. The molecule has 1 aliphatic rings. The second kappa shape index (κ2) is 19.2. The Kier molecular flexibility index (Phi) is 17.7. The average molecular weight is 617 g/mol. The highest BCUT2D eigenvalue weighted by atomic mass is 28.4. The summed E-state index contributed by atoms with van der Waals surface area (Å²) in [4.78, 5) is 0. The van der Waals surface area contributed by atoms with E-state index >= 15 is 0 Å². The number of allylic oxidation sites excluding steroid dienone is 8. The van der Waals surface area contributed by atoms with Gasteiger partial charge in [0.05, 0.1) is 25.4 Å². The molecule has 0 bridgehead atoms. The van der Waals surface area contributed by atoms with Gasteiger partial charge in [-0.1, -0.05) is 121 Å². The summed E-state index contributed by atoms with van der Waals surface area (Å²) in [5.74, 6) is 0. The van der Waals surface area contributed by atoms with Crippen molar-refractivity contribution in [2.75, 3.05) is 13.2 Å². The molecule has 240 valence electrons. The maximum atomic E-state index is 6.76. The molecule has 0 aromatic heterocycles. The minimum absolute atomic E-state index is 0.0436. The normalized spacial score (nSPS) is 18.4. The van der Waals surface area contributed by atoms with Crippen LogP contribution in [0.4, 0.5) is 0 Å². The van der Waals surface area contributed by atoms with E-state index in [1.807, 2.05) is 0 Å². The van der Waals surface area contributed by atoms with Crippen molar-refractivity contribution in [3.63, 3.8) is 0 Å². The first kappa shape index (κ1) is 38.7. The zero-order valence-corrected chi connectivity index (χ0v) is 31.0. The van der Waals surface area contributed by atoms with E-state index < -0.39 is 16.6 Å². The van der Waals surface area contributed by atoms with Crippen molar-refractivity contribution in [3.8, 4) is 0 Å². The van der Waals surface area contributed by atoms with Gasteiger partial charge < -0.3 is 18.3 Å². The van der Waals surface area contributed by atoms with Crippen LogP contribution in [-0.2, 0) is 18.3 Å². The van der Waals surface area contributed by atoms with Crippen LogP contribution >= 0.6 is 0 Å². The van der Waals surface area contributed by atoms with E-state index in [-0.39, 0.29) is 28.6 Å². The van der Waals surface area contributed by atoms with Gasteiger partial charge in [0.15, 0.2) is 22.9 Å². The molecule has 1 heterocycles. The van der Waals surface area contributed by atoms with Crippen molar-refractivity contribution < 1.29 is 18.3 Å². The third kappa shape index (κ3) is 16.0.